The van der Waals surface area contributed by atoms with Crippen LogP contribution in [0.4, 0.5) is 0 Å². The van der Waals surface area contributed by atoms with E-state index in [-0.39, 0.29) is 30.0 Å². The first-order chi connectivity index (χ1) is 16.1. The topological polar surface area (TPSA) is 97.4 Å². The van der Waals surface area contributed by atoms with E-state index in [1.54, 1.807) is 0 Å². The Morgan fingerprint density at radius 1 is 1.06 bits per heavy atom. The maximum atomic E-state index is 12.7. The van der Waals surface area contributed by atoms with Gasteiger partial charge in [0.1, 0.15) is 18.1 Å². The van der Waals surface area contributed by atoms with Crippen molar-refractivity contribution in [2.75, 3.05) is 26.4 Å². The monoisotopic (exact) mass is 448 g/mol. The molecule has 1 N–H and O–H groups in total. The second-order valence-corrected chi connectivity index (χ2v) is 7.85. The van der Waals surface area contributed by atoms with Crippen molar-refractivity contribution in [1.29, 1.82) is 0 Å². The number of H-pyrrole nitrogens is 1. The largest absolute Gasteiger partial charge is 0.491 e. The first-order valence-corrected chi connectivity index (χ1v) is 11.3. The summed E-state index contributed by atoms with van der Waals surface area (Å²) in [6.07, 6.45) is 1.34. The molecule has 1 aromatic heterocycles. The van der Waals surface area contributed by atoms with Crippen molar-refractivity contribution in [3.63, 3.8) is 0 Å². The molecule has 172 valence electrons. The third kappa shape index (κ3) is 5.84. The van der Waals surface area contributed by atoms with Crippen LogP contribution >= 0.6 is 0 Å². The van der Waals surface area contributed by atoms with Crippen LogP contribution in [0.5, 0.6) is 5.75 Å². The highest BCUT2D eigenvalue weighted by molar-refractivity contribution is 5.76. The minimum absolute atomic E-state index is 0.0229. The number of nitrogens with one attached hydrogen (secondary N) is 1. The van der Waals surface area contributed by atoms with E-state index in [1.165, 1.54) is 11.1 Å². The minimum atomic E-state index is -0.325. The van der Waals surface area contributed by atoms with Gasteiger partial charge in [-0.05, 0) is 48.7 Å². The smallest absolute Gasteiger partial charge is 0.273 e. The number of carbonyl (C=O) groups is 1. The number of hydrogen-bond acceptors (Lipinski definition) is 6. The van der Waals surface area contributed by atoms with Gasteiger partial charge in [0.25, 0.3) is 5.56 Å². The fourth-order valence-corrected chi connectivity index (χ4v) is 3.82. The molecule has 0 saturated heterocycles. The number of benzene rings is 2. The summed E-state index contributed by atoms with van der Waals surface area (Å²) < 4.78 is 10.8. The molecule has 0 saturated carbocycles. The molecule has 8 heteroatoms. The molecule has 3 aromatic rings. The summed E-state index contributed by atoms with van der Waals surface area (Å²) >= 11 is 0. The van der Waals surface area contributed by atoms with Crippen LogP contribution in [-0.2, 0) is 28.9 Å². The molecular formula is C25H28N4O4. The molecule has 33 heavy (non-hydrogen) atoms. The number of aromatic nitrogens is 3. The Morgan fingerprint density at radius 2 is 1.85 bits per heavy atom. The Bertz CT molecular complexity index is 1140. The van der Waals surface area contributed by atoms with E-state index >= 15 is 0 Å². The number of amides is 1. The summed E-state index contributed by atoms with van der Waals surface area (Å²) in [7, 11) is 0. The number of nitrogens with zero attached hydrogens (tertiary/aromatic N) is 3. The predicted molar refractivity (Wildman–Crippen MR) is 124 cm³/mol. The average molecular weight is 449 g/mol. The standard InChI is InChI=1S/C25H28N4O4/c1-2-32-15-16-33-21-9-7-19(8-10-21)24-26-25(31)22(27-28-24)11-12-23(30)29-14-13-18-5-3-4-6-20(18)17-29/h3-10H,2,11-17H2,1H3,(H,26,28,31). The van der Waals surface area contributed by atoms with Gasteiger partial charge < -0.3 is 19.4 Å². The summed E-state index contributed by atoms with van der Waals surface area (Å²) in [5.74, 6) is 1.11. The molecule has 1 aliphatic rings. The van der Waals surface area contributed by atoms with Crippen molar-refractivity contribution in [2.24, 2.45) is 0 Å². The van der Waals surface area contributed by atoms with Crippen LogP contribution in [0.1, 0.15) is 30.2 Å². The highest BCUT2D eigenvalue weighted by Gasteiger charge is 2.20. The first kappa shape index (κ1) is 22.7. The normalized spacial score (nSPS) is 12.9. The highest BCUT2D eigenvalue weighted by Crippen LogP contribution is 2.20. The van der Waals surface area contributed by atoms with Gasteiger partial charge in [-0.3, -0.25) is 9.59 Å². The number of hydrogen-bond donors (Lipinski definition) is 1. The van der Waals surface area contributed by atoms with Gasteiger partial charge in [0.05, 0.1) is 6.61 Å². The average Bonchev–Trinajstić information content (AvgIpc) is 2.86. The predicted octanol–water partition coefficient (Wildman–Crippen LogP) is 2.76. The van der Waals surface area contributed by atoms with Crippen LogP contribution in [0.15, 0.2) is 53.3 Å². The van der Waals surface area contributed by atoms with Gasteiger partial charge in [-0.2, -0.15) is 0 Å². The van der Waals surface area contributed by atoms with E-state index in [9.17, 15) is 9.59 Å². The molecule has 0 unspecified atom stereocenters. The SMILES string of the molecule is CCOCCOc1ccc(-c2nnc(CCC(=O)N3CCc4ccccc4C3)c(=O)[nH]2)cc1. The zero-order valence-electron chi connectivity index (χ0n) is 18.8. The van der Waals surface area contributed by atoms with Crippen LogP contribution in [0.3, 0.4) is 0 Å². The fourth-order valence-electron chi connectivity index (χ4n) is 3.82. The van der Waals surface area contributed by atoms with Crippen LogP contribution < -0.4 is 10.3 Å². The number of carbonyl (C=O) groups excluding carboxylic acids is 1. The molecule has 0 spiro atoms. The van der Waals surface area contributed by atoms with Gasteiger partial charge in [-0.15, -0.1) is 10.2 Å². The van der Waals surface area contributed by atoms with E-state index < -0.39 is 0 Å². The molecule has 4 rings (SSSR count). The maximum absolute atomic E-state index is 12.7. The molecule has 2 aromatic carbocycles. The van der Waals surface area contributed by atoms with Gasteiger partial charge in [0, 0.05) is 38.1 Å². The van der Waals surface area contributed by atoms with E-state index in [0.29, 0.717) is 44.5 Å². The van der Waals surface area contributed by atoms with Gasteiger partial charge in [0.15, 0.2) is 5.82 Å². The van der Waals surface area contributed by atoms with Crippen LogP contribution in [0.2, 0.25) is 0 Å². The summed E-state index contributed by atoms with van der Waals surface area (Å²) in [6, 6.07) is 15.4. The van der Waals surface area contributed by atoms with Gasteiger partial charge in [-0.1, -0.05) is 24.3 Å². The second kappa shape index (κ2) is 10.9. The number of fused-ring (bicyclic) bond motifs is 1. The lowest BCUT2D eigenvalue weighted by Gasteiger charge is -2.28. The quantitative estimate of drug-likeness (QED) is 0.506. The lowest BCUT2D eigenvalue weighted by molar-refractivity contribution is -0.132. The van der Waals surface area contributed by atoms with E-state index in [0.717, 1.165) is 12.0 Å². The number of aromatic amines is 1. The second-order valence-electron chi connectivity index (χ2n) is 7.85. The lowest BCUT2D eigenvalue weighted by Crippen LogP contribution is -2.36. The highest BCUT2D eigenvalue weighted by atomic mass is 16.5. The summed E-state index contributed by atoms with van der Waals surface area (Å²) in [6.45, 7) is 4.91. The Morgan fingerprint density at radius 3 is 2.61 bits per heavy atom. The number of aryl methyl sites for hydroxylation is 1. The van der Waals surface area contributed by atoms with Crippen LogP contribution in [0.25, 0.3) is 11.4 Å². The molecule has 2 heterocycles. The lowest BCUT2D eigenvalue weighted by atomic mass is 9.99. The van der Waals surface area contributed by atoms with Crippen molar-refractivity contribution in [1.82, 2.24) is 20.1 Å². The molecule has 0 fully saturated rings. The first-order valence-electron chi connectivity index (χ1n) is 11.3. The van der Waals surface area contributed by atoms with Crippen molar-refractivity contribution in [3.8, 4) is 17.1 Å². The molecule has 1 amide bonds. The minimum Gasteiger partial charge on any atom is -0.491 e. The Labute approximate surface area is 192 Å². The summed E-state index contributed by atoms with van der Waals surface area (Å²) in [5, 5.41) is 8.24. The fraction of sp³-hybridized carbons (Fsp3) is 0.360. The molecule has 0 bridgehead atoms. The molecule has 0 radical (unpaired) electrons. The zero-order valence-corrected chi connectivity index (χ0v) is 18.8. The van der Waals surface area contributed by atoms with Gasteiger partial charge in [0.2, 0.25) is 5.91 Å². The van der Waals surface area contributed by atoms with Crippen molar-refractivity contribution in [2.45, 2.75) is 32.7 Å². The number of rotatable bonds is 9. The zero-order chi connectivity index (χ0) is 23.0. The molecule has 1 aliphatic heterocycles. The third-order valence-corrected chi connectivity index (χ3v) is 5.65. The summed E-state index contributed by atoms with van der Waals surface area (Å²) in [4.78, 5) is 29.8. The molecule has 0 aliphatic carbocycles. The van der Waals surface area contributed by atoms with Crippen LogP contribution in [0, 0.1) is 0 Å². The van der Waals surface area contributed by atoms with Crippen LogP contribution in [-0.4, -0.2) is 52.4 Å². The summed E-state index contributed by atoms with van der Waals surface area (Å²) in [5.41, 5.74) is 3.15. The van der Waals surface area contributed by atoms with Crippen molar-refractivity contribution < 1.29 is 14.3 Å². The Kier molecular flexibility index (Phi) is 7.47. The van der Waals surface area contributed by atoms with Gasteiger partial charge >= 0.3 is 0 Å². The maximum Gasteiger partial charge on any atom is 0.273 e. The molecule has 0 atom stereocenters. The third-order valence-electron chi connectivity index (χ3n) is 5.65. The Balaban J connectivity index is 1.32. The van der Waals surface area contributed by atoms with E-state index in [1.807, 2.05) is 48.2 Å². The number of ether oxygens (including phenoxy) is 2. The molecular weight excluding hydrogens is 420 g/mol. The van der Waals surface area contributed by atoms with E-state index in [2.05, 4.69) is 27.3 Å². The Hall–Kier alpha value is -3.52. The van der Waals surface area contributed by atoms with Gasteiger partial charge in [-0.25, -0.2) is 0 Å². The van der Waals surface area contributed by atoms with Crippen molar-refractivity contribution >= 4 is 5.91 Å². The van der Waals surface area contributed by atoms with Crippen molar-refractivity contribution in [3.05, 3.63) is 75.7 Å². The van der Waals surface area contributed by atoms with E-state index in [4.69, 9.17) is 9.47 Å². The molecule has 8 nitrogen and oxygen atoms in total.